The molecule has 0 aliphatic rings. The fourth-order valence-corrected chi connectivity index (χ4v) is 3.06. The van der Waals surface area contributed by atoms with Gasteiger partial charge in [-0.3, -0.25) is 9.59 Å². The van der Waals surface area contributed by atoms with Gasteiger partial charge in [-0.25, -0.2) is 4.98 Å². The van der Waals surface area contributed by atoms with Crippen molar-refractivity contribution in [2.75, 3.05) is 10.6 Å². The van der Waals surface area contributed by atoms with Gasteiger partial charge in [0.2, 0.25) is 11.8 Å². The summed E-state index contributed by atoms with van der Waals surface area (Å²) in [5, 5.41) is 7.63. The summed E-state index contributed by atoms with van der Waals surface area (Å²) in [5.41, 5.74) is 0.722. The van der Waals surface area contributed by atoms with Gasteiger partial charge in [0.15, 0.2) is 5.13 Å². The van der Waals surface area contributed by atoms with Crippen LogP contribution >= 0.6 is 23.1 Å². The maximum Gasteiger partial charge on any atom is 0.239 e. The average Bonchev–Trinajstić information content (AvgIpc) is 2.91. The molecule has 21 heavy (non-hydrogen) atoms. The predicted octanol–water partition coefficient (Wildman–Crippen LogP) is 3.22. The number of rotatable bonds is 5. The molecule has 0 aliphatic carbocycles. The highest BCUT2D eigenvalue weighted by Gasteiger charge is 2.15. The molecule has 1 unspecified atom stereocenters. The molecule has 0 spiro atoms. The molecule has 2 N–H and O–H groups in total. The third kappa shape index (κ3) is 4.87. The summed E-state index contributed by atoms with van der Waals surface area (Å²) >= 11 is 2.81. The van der Waals surface area contributed by atoms with E-state index in [1.165, 1.54) is 30.0 Å². The van der Waals surface area contributed by atoms with E-state index < -0.39 is 0 Å². The number of amides is 2. The fraction of sp³-hybridized carbons (Fsp3) is 0.214. The zero-order valence-corrected chi connectivity index (χ0v) is 13.3. The van der Waals surface area contributed by atoms with Crippen LogP contribution in [0.4, 0.5) is 10.8 Å². The van der Waals surface area contributed by atoms with E-state index in [1.54, 1.807) is 6.20 Å². The minimum Gasteiger partial charge on any atom is -0.326 e. The van der Waals surface area contributed by atoms with E-state index in [9.17, 15) is 9.59 Å². The summed E-state index contributed by atoms with van der Waals surface area (Å²) in [5.74, 6) is -0.216. The van der Waals surface area contributed by atoms with Gasteiger partial charge in [-0.2, -0.15) is 0 Å². The van der Waals surface area contributed by atoms with Crippen LogP contribution in [0.15, 0.2) is 40.7 Å². The quantitative estimate of drug-likeness (QED) is 0.830. The van der Waals surface area contributed by atoms with Crippen LogP contribution < -0.4 is 10.6 Å². The van der Waals surface area contributed by atoms with Gasteiger partial charge >= 0.3 is 0 Å². The molecule has 0 radical (unpaired) electrons. The Balaban J connectivity index is 1.97. The van der Waals surface area contributed by atoms with Crippen LogP contribution in [0.25, 0.3) is 0 Å². The molecule has 0 saturated carbocycles. The largest absolute Gasteiger partial charge is 0.326 e. The summed E-state index contributed by atoms with van der Waals surface area (Å²) in [6.07, 6.45) is 1.65. The molecule has 2 rings (SSSR count). The second-order valence-corrected chi connectivity index (χ2v) is 6.60. The summed E-state index contributed by atoms with van der Waals surface area (Å²) in [7, 11) is 0. The number of benzene rings is 1. The molecule has 1 atom stereocenters. The molecular formula is C14H15N3O2S2. The van der Waals surface area contributed by atoms with Crippen LogP contribution in [0.1, 0.15) is 13.8 Å². The number of carbonyl (C=O) groups is 2. The molecule has 7 heteroatoms. The lowest BCUT2D eigenvalue weighted by molar-refractivity contribution is -0.115. The highest BCUT2D eigenvalue weighted by molar-refractivity contribution is 8.00. The maximum atomic E-state index is 12.0. The maximum absolute atomic E-state index is 12.0. The summed E-state index contributed by atoms with van der Waals surface area (Å²) in [6.45, 7) is 3.29. The van der Waals surface area contributed by atoms with Crippen molar-refractivity contribution in [3.05, 3.63) is 35.8 Å². The van der Waals surface area contributed by atoms with Crippen molar-refractivity contribution in [2.24, 2.45) is 0 Å². The number of anilines is 2. The zero-order chi connectivity index (χ0) is 15.2. The van der Waals surface area contributed by atoms with Gasteiger partial charge in [0.05, 0.1) is 5.25 Å². The number of aromatic nitrogens is 1. The van der Waals surface area contributed by atoms with Crippen LogP contribution in [-0.4, -0.2) is 22.0 Å². The lowest BCUT2D eigenvalue weighted by Crippen LogP contribution is -2.22. The van der Waals surface area contributed by atoms with E-state index in [0.717, 1.165) is 10.6 Å². The average molecular weight is 321 g/mol. The molecular weight excluding hydrogens is 306 g/mol. The molecule has 0 aliphatic heterocycles. The van der Waals surface area contributed by atoms with Crippen LogP contribution in [0.3, 0.4) is 0 Å². The van der Waals surface area contributed by atoms with Gasteiger partial charge < -0.3 is 10.6 Å². The minimum absolute atomic E-state index is 0.0973. The Hall–Kier alpha value is -1.86. The number of nitrogens with one attached hydrogen (secondary N) is 2. The van der Waals surface area contributed by atoms with Crippen LogP contribution in [0.2, 0.25) is 0 Å². The Labute approximate surface area is 131 Å². The van der Waals surface area contributed by atoms with Gasteiger partial charge in [-0.15, -0.1) is 23.1 Å². The molecule has 0 saturated heterocycles. The molecule has 2 amide bonds. The number of thioether (sulfide) groups is 1. The number of hydrogen-bond acceptors (Lipinski definition) is 5. The van der Waals surface area contributed by atoms with Crippen molar-refractivity contribution in [3.63, 3.8) is 0 Å². The first kappa shape index (κ1) is 15.5. The van der Waals surface area contributed by atoms with E-state index in [4.69, 9.17) is 0 Å². The molecule has 0 bridgehead atoms. The summed E-state index contributed by atoms with van der Waals surface area (Å²) in [6, 6.07) is 7.41. The first-order valence-electron chi connectivity index (χ1n) is 6.29. The molecule has 5 nitrogen and oxygen atoms in total. The van der Waals surface area contributed by atoms with Gasteiger partial charge in [-0.05, 0) is 25.1 Å². The van der Waals surface area contributed by atoms with Crippen LogP contribution in [0, 0.1) is 0 Å². The Morgan fingerprint density at radius 1 is 1.33 bits per heavy atom. The molecule has 1 aromatic heterocycles. The Morgan fingerprint density at radius 3 is 2.81 bits per heavy atom. The molecule has 2 aromatic rings. The molecule has 1 heterocycles. The van der Waals surface area contributed by atoms with Crippen molar-refractivity contribution < 1.29 is 9.59 Å². The number of thiazole rings is 1. The summed E-state index contributed by atoms with van der Waals surface area (Å²) < 4.78 is 0. The second kappa shape index (κ2) is 7.24. The van der Waals surface area contributed by atoms with Gasteiger partial charge in [0, 0.05) is 29.1 Å². The van der Waals surface area contributed by atoms with Crippen molar-refractivity contribution >= 4 is 45.7 Å². The molecule has 1 aromatic carbocycles. The first-order chi connectivity index (χ1) is 10.0. The van der Waals surface area contributed by atoms with E-state index in [-0.39, 0.29) is 17.1 Å². The topological polar surface area (TPSA) is 71.1 Å². The third-order valence-electron chi connectivity index (χ3n) is 2.50. The number of hydrogen-bond donors (Lipinski definition) is 2. The lowest BCUT2D eigenvalue weighted by atomic mass is 10.3. The standard InChI is InChI=1S/C14H15N3O2S2/c1-9(13(19)17-14-15-6-7-20-14)21-12-5-3-4-11(8-12)16-10(2)18/h3-9H,1-2H3,(H,16,18)(H,15,17,19). The van der Waals surface area contributed by atoms with Gasteiger partial charge in [-0.1, -0.05) is 6.07 Å². The fourth-order valence-electron chi connectivity index (χ4n) is 1.60. The lowest BCUT2D eigenvalue weighted by Gasteiger charge is -2.11. The van der Waals surface area contributed by atoms with Gasteiger partial charge in [0.25, 0.3) is 0 Å². The first-order valence-corrected chi connectivity index (χ1v) is 8.05. The van der Waals surface area contributed by atoms with Crippen molar-refractivity contribution in [1.82, 2.24) is 4.98 Å². The Kier molecular flexibility index (Phi) is 5.35. The minimum atomic E-state index is -0.263. The van der Waals surface area contributed by atoms with E-state index in [0.29, 0.717) is 5.13 Å². The van der Waals surface area contributed by atoms with Crippen molar-refractivity contribution in [2.45, 2.75) is 24.0 Å². The normalized spacial score (nSPS) is 11.7. The predicted molar refractivity (Wildman–Crippen MR) is 86.8 cm³/mol. The van der Waals surface area contributed by atoms with Gasteiger partial charge in [0.1, 0.15) is 0 Å². The number of nitrogens with zero attached hydrogens (tertiary/aromatic N) is 1. The SMILES string of the molecule is CC(=O)Nc1cccc(SC(C)C(=O)Nc2nccs2)c1. The highest BCUT2D eigenvalue weighted by Crippen LogP contribution is 2.26. The van der Waals surface area contributed by atoms with Crippen molar-refractivity contribution in [3.8, 4) is 0 Å². The third-order valence-corrected chi connectivity index (χ3v) is 4.28. The second-order valence-electron chi connectivity index (χ2n) is 4.30. The zero-order valence-electron chi connectivity index (χ0n) is 11.6. The Morgan fingerprint density at radius 2 is 2.14 bits per heavy atom. The summed E-state index contributed by atoms with van der Waals surface area (Å²) in [4.78, 5) is 28.0. The monoisotopic (exact) mass is 321 g/mol. The molecule has 110 valence electrons. The van der Waals surface area contributed by atoms with Crippen LogP contribution in [-0.2, 0) is 9.59 Å². The van der Waals surface area contributed by atoms with Crippen molar-refractivity contribution in [1.29, 1.82) is 0 Å². The van der Waals surface area contributed by atoms with E-state index in [1.807, 2.05) is 36.6 Å². The van der Waals surface area contributed by atoms with Crippen LogP contribution in [0.5, 0.6) is 0 Å². The van der Waals surface area contributed by atoms with E-state index >= 15 is 0 Å². The van der Waals surface area contributed by atoms with E-state index in [2.05, 4.69) is 15.6 Å². The molecule has 0 fully saturated rings. The Bertz CT molecular complexity index is 629. The smallest absolute Gasteiger partial charge is 0.239 e. The number of carbonyl (C=O) groups excluding carboxylic acids is 2. The highest BCUT2D eigenvalue weighted by atomic mass is 32.2.